The second-order valence-corrected chi connectivity index (χ2v) is 7.56. The Morgan fingerprint density at radius 1 is 1.09 bits per heavy atom. The molecule has 0 aliphatic carbocycles. The van der Waals surface area contributed by atoms with Gasteiger partial charge in [0.05, 0.1) is 23.5 Å². The van der Waals surface area contributed by atoms with Gasteiger partial charge in [-0.1, -0.05) is 18.7 Å². The van der Waals surface area contributed by atoms with Crippen molar-refractivity contribution in [1.29, 1.82) is 0 Å². The maximum atomic E-state index is 13.4. The average molecular weight is 456 g/mol. The van der Waals surface area contributed by atoms with Gasteiger partial charge in [0.25, 0.3) is 0 Å². The van der Waals surface area contributed by atoms with Gasteiger partial charge in [-0.05, 0) is 65.7 Å². The van der Waals surface area contributed by atoms with Crippen LogP contribution in [0.4, 0.5) is 4.39 Å². The Morgan fingerprint density at radius 2 is 1.88 bits per heavy atom. The molecule has 0 radical (unpaired) electrons. The van der Waals surface area contributed by atoms with Gasteiger partial charge in [-0.15, -0.1) is 0 Å². The number of rotatable bonds is 8. The third kappa shape index (κ3) is 5.24. The van der Waals surface area contributed by atoms with E-state index in [-0.39, 0.29) is 23.8 Å². The van der Waals surface area contributed by atoms with E-state index in [1.54, 1.807) is 41.3 Å². The van der Waals surface area contributed by atoms with Gasteiger partial charge >= 0.3 is 5.97 Å². The van der Waals surface area contributed by atoms with Crippen molar-refractivity contribution < 1.29 is 19.1 Å². The van der Waals surface area contributed by atoms with Gasteiger partial charge in [0.15, 0.2) is 0 Å². The number of halogens is 1. The molecule has 170 valence electrons. The van der Waals surface area contributed by atoms with Crippen LogP contribution < -0.4 is 5.32 Å². The second-order valence-electron chi connectivity index (χ2n) is 7.56. The molecule has 2 aromatic heterocycles. The first-order chi connectivity index (χ1) is 16.4. The number of carboxylic acid groups (broad SMARTS) is 1. The molecule has 2 N–H and O–H groups in total. The number of aromatic nitrogens is 3. The maximum Gasteiger partial charge on any atom is 0.335 e. The summed E-state index contributed by atoms with van der Waals surface area (Å²) in [6, 6.07) is 16.4. The van der Waals surface area contributed by atoms with Gasteiger partial charge in [0.2, 0.25) is 5.91 Å². The molecule has 0 atom stereocenters. The molecule has 0 bridgehead atoms. The van der Waals surface area contributed by atoms with Crippen LogP contribution >= 0.6 is 0 Å². The molecule has 2 heterocycles. The Hall–Kier alpha value is -4.59. The van der Waals surface area contributed by atoms with Crippen LogP contribution in [0.15, 0.2) is 85.7 Å². The summed E-state index contributed by atoms with van der Waals surface area (Å²) in [7, 11) is 0. The Labute approximate surface area is 195 Å². The van der Waals surface area contributed by atoms with Crippen molar-refractivity contribution in [1.82, 2.24) is 20.1 Å². The van der Waals surface area contributed by atoms with Crippen molar-refractivity contribution in [2.45, 2.75) is 13.1 Å². The van der Waals surface area contributed by atoms with Crippen molar-refractivity contribution in [3.63, 3.8) is 0 Å². The van der Waals surface area contributed by atoms with E-state index in [0.29, 0.717) is 17.9 Å². The fourth-order valence-corrected chi connectivity index (χ4v) is 3.48. The zero-order chi connectivity index (χ0) is 24.1. The molecule has 0 saturated carbocycles. The minimum absolute atomic E-state index is 0.211. The standard InChI is InChI=1S/C26H21FN4O3/c1-2-25(32)29-15-20-14-28-24(18-6-8-21(27)9-7-18)13-22(20)23-10-11-31(30-23)16-17-4-3-5-19(12-17)26(33)34/h2-14H,1,15-16H2,(H,29,32)(H,33,34). The summed E-state index contributed by atoms with van der Waals surface area (Å²) in [5.74, 6) is -1.63. The van der Waals surface area contributed by atoms with Crippen LogP contribution in [-0.2, 0) is 17.9 Å². The Bertz CT molecular complexity index is 1360. The minimum atomic E-state index is -0.987. The van der Waals surface area contributed by atoms with Gasteiger partial charge in [-0.25, -0.2) is 9.18 Å². The third-order valence-corrected chi connectivity index (χ3v) is 5.20. The predicted octanol–water partition coefficient (Wildman–Crippen LogP) is 4.30. The summed E-state index contributed by atoms with van der Waals surface area (Å²) in [5, 5.41) is 16.6. The lowest BCUT2D eigenvalue weighted by Crippen LogP contribution is -2.20. The maximum absolute atomic E-state index is 13.4. The topological polar surface area (TPSA) is 97.1 Å². The molecule has 0 unspecified atom stereocenters. The first kappa shape index (κ1) is 22.6. The molecule has 1 amide bonds. The number of nitrogens with one attached hydrogen (secondary N) is 1. The largest absolute Gasteiger partial charge is 0.478 e. The summed E-state index contributed by atoms with van der Waals surface area (Å²) in [5.41, 5.74) is 4.56. The SMILES string of the molecule is C=CC(=O)NCc1cnc(-c2ccc(F)cc2)cc1-c1ccn(Cc2cccc(C(=O)O)c2)n1. The van der Waals surface area contributed by atoms with E-state index in [2.05, 4.69) is 22.0 Å². The summed E-state index contributed by atoms with van der Waals surface area (Å²) < 4.78 is 15.1. The van der Waals surface area contributed by atoms with Crippen LogP contribution in [0.1, 0.15) is 21.5 Å². The van der Waals surface area contributed by atoms with Crippen LogP contribution in [0.25, 0.3) is 22.5 Å². The number of carbonyl (C=O) groups excluding carboxylic acids is 1. The highest BCUT2D eigenvalue weighted by atomic mass is 19.1. The van der Waals surface area contributed by atoms with Crippen LogP contribution in [0.5, 0.6) is 0 Å². The van der Waals surface area contributed by atoms with E-state index >= 15 is 0 Å². The summed E-state index contributed by atoms with van der Waals surface area (Å²) in [6.07, 6.45) is 4.65. The van der Waals surface area contributed by atoms with E-state index in [0.717, 1.165) is 22.3 Å². The first-order valence-electron chi connectivity index (χ1n) is 10.4. The number of hydrogen-bond donors (Lipinski definition) is 2. The Morgan fingerprint density at radius 3 is 2.62 bits per heavy atom. The number of carboxylic acids is 1. The summed E-state index contributed by atoms with van der Waals surface area (Å²) in [4.78, 5) is 27.4. The number of hydrogen-bond acceptors (Lipinski definition) is 4. The second kappa shape index (κ2) is 9.91. The van der Waals surface area contributed by atoms with Gasteiger partial charge in [0.1, 0.15) is 5.82 Å². The number of aromatic carboxylic acids is 1. The lowest BCUT2D eigenvalue weighted by molar-refractivity contribution is -0.116. The lowest BCUT2D eigenvalue weighted by Gasteiger charge is -2.11. The molecule has 8 heteroatoms. The van der Waals surface area contributed by atoms with E-state index in [1.165, 1.54) is 24.3 Å². The van der Waals surface area contributed by atoms with Crippen molar-refractivity contribution in [2.75, 3.05) is 0 Å². The average Bonchev–Trinajstić information content (AvgIpc) is 3.31. The van der Waals surface area contributed by atoms with Gasteiger partial charge in [-0.2, -0.15) is 5.10 Å². The van der Waals surface area contributed by atoms with Crippen molar-refractivity contribution >= 4 is 11.9 Å². The molecule has 4 aromatic rings. The molecule has 4 rings (SSSR count). The van der Waals surface area contributed by atoms with Crippen molar-refractivity contribution in [3.05, 3.63) is 108 Å². The highest BCUT2D eigenvalue weighted by Gasteiger charge is 2.13. The Balaban J connectivity index is 1.67. The van der Waals surface area contributed by atoms with E-state index in [9.17, 15) is 19.1 Å². The number of carbonyl (C=O) groups is 2. The lowest BCUT2D eigenvalue weighted by atomic mass is 10.0. The van der Waals surface area contributed by atoms with E-state index in [1.807, 2.05) is 18.2 Å². The van der Waals surface area contributed by atoms with E-state index in [4.69, 9.17) is 0 Å². The highest BCUT2D eigenvalue weighted by molar-refractivity contribution is 5.88. The van der Waals surface area contributed by atoms with Crippen molar-refractivity contribution in [3.8, 4) is 22.5 Å². The summed E-state index contributed by atoms with van der Waals surface area (Å²) >= 11 is 0. The molecule has 0 spiro atoms. The zero-order valence-electron chi connectivity index (χ0n) is 18.1. The number of pyridine rings is 1. The monoisotopic (exact) mass is 456 g/mol. The smallest absolute Gasteiger partial charge is 0.335 e. The van der Waals surface area contributed by atoms with E-state index < -0.39 is 5.97 Å². The highest BCUT2D eigenvalue weighted by Crippen LogP contribution is 2.27. The van der Waals surface area contributed by atoms with Crippen molar-refractivity contribution in [2.24, 2.45) is 0 Å². The quantitative estimate of drug-likeness (QED) is 0.386. The van der Waals surface area contributed by atoms with Crippen LogP contribution in [-0.4, -0.2) is 31.7 Å². The predicted molar refractivity (Wildman–Crippen MR) is 125 cm³/mol. The van der Waals surface area contributed by atoms with Gasteiger partial charge < -0.3 is 10.4 Å². The fourth-order valence-electron chi connectivity index (χ4n) is 3.48. The third-order valence-electron chi connectivity index (χ3n) is 5.20. The molecule has 0 saturated heterocycles. The van der Waals surface area contributed by atoms with Gasteiger partial charge in [-0.3, -0.25) is 14.5 Å². The molecular weight excluding hydrogens is 435 g/mol. The normalized spacial score (nSPS) is 10.6. The first-order valence-corrected chi connectivity index (χ1v) is 10.4. The molecular formula is C26H21FN4O3. The zero-order valence-corrected chi connectivity index (χ0v) is 18.1. The number of benzene rings is 2. The Kier molecular flexibility index (Phi) is 6.59. The minimum Gasteiger partial charge on any atom is -0.478 e. The molecule has 0 aliphatic heterocycles. The number of amides is 1. The molecule has 34 heavy (non-hydrogen) atoms. The molecule has 0 fully saturated rings. The molecule has 0 aliphatic rings. The fraction of sp³-hybridized carbons (Fsp3) is 0.0769. The van der Waals surface area contributed by atoms with Crippen LogP contribution in [0.2, 0.25) is 0 Å². The van der Waals surface area contributed by atoms with Gasteiger partial charge in [0, 0.05) is 30.1 Å². The van der Waals surface area contributed by atoms with Crippen LogP contribution in [0.3, 0.4) is 0 Å². The molecule has 7 nitrogen and oxygen atoms in total. The molecule has 2 aromatic carbocycles. The number of nitrogens with zero attached hydrogens (tertiary/aromatic N) is 3. The summed E-state index contributed by atoms with van der Waals surface area (Å²) in [6.45, 7) is 4.08. The van der Waals surface area contributed by atoms with Crippen LogP contribution in [0, 0.1) is 5.82 Å².